The van der Waals surface area contributed by atoms with Crippen LogP contribution in [0.25, 0.3) is 10.9 Å². The normalized spacial score (nSPS) is 10.4. The smallest absolute Gasteiger partial charge is 0.316 e. The highest BCUT2D eigenvalue weighted by atomic mass is 16.2. The molecule has 5 N–H and O–H groups in total. The fourth-order valence-electron chi connectivity index (χ4n) is 2.14. The Kier molecular flexibility index (Phi) is 3.45. The Morgan fingerprint density at radius 1 is 1.00 bits per heavy atom. The van der Waals surface area contributed by atoms with Crippen molar-refractivity contribution in [2.24, 2.45) is 5.73 Å². The van der Waals surface area contributed by atoms with E-state index in [1.54, 1.807) is 24.3 Å². The molecule has 1 heterocycles. The molecule has 7 nitrogen and oxygen atoms in total. The van der Waals surface area contributed by atoms with Crippen LogP contribution in [0.1, 0.15) is 10.5 Å². The van der Waals surface area contributed by atoms with E-state index >= 15 is 0 Å². The van der Waals surface area contributed by atoms with Gasteiger partial charge in [0.05, 0.1) is 5.52 Å². The predicted molar refractivity (Wildman–Crippen MR) is 83.7 cm³/mol. The highest BCUT2D eigenvalue weighted by Gasteiger charge is 2.14. The zero-order valence-corrected chi connectivity index (χ0v) is 11.5. The Balaban J connectivity index is 1.84. The summed E-state index contributed by atoms with van der Waals surface area (Å²) in [6, 6.07) is 13.4. The maximum atomic E-state index is 12.3. The Morgan fingerprint density at radius 3 is 2.50 bits per heavy atom. The third kappa shape index (κ3) is 2.73. The quantitative estimate of drug-likeness (QED) is 0.594. The third-order valence-corrected chi connectivity index (χ3v) is 3.07. The minimum absolute atomic E-state index is 0.309. The maximum absolute atomic E-state index is 12.3. The summed E-state index contributed by atoms with van der Waals surface area (Å²) in [6.07, 6.45) is 0. The highest BCUT2D eigenvalue weighted by molar-refractivity contribution is 6.11. The molecule has 3 aromatic rings. The number of primary amides is 1. The molecule has 0 saturated carbocycles. The number of nitrogens with two attached hydrogens (primary N) is 1. The van der Waals surface area contributed by atoms with Crippen LogP contribution in [-0.4, -0.2) is 22.1 Å². The van der Waals surface area contributed by atoms with Crippen molar-refractivity contribution in [3.05, 3.63) is 54.2 Å². The van der Waals surface area contributed by atoms with E-state index in [1.165, 1.54) is 0 Å². The van der Waals surface area contributed by atoms with Crippen LogP contribution in [0, 0.1) is 0 Å². The van der Waals surface area contributed by atoms with E-state index < -0.39 is 6.03 Å². The number of nitrogens with one attached hydrogen (secondary N) is 3. The molecule has 3 amide bonds. The molecule has 110 valence electrons. The number of carbonyl (C=O) groups is 2. The van der Waals surface area contributed by atoms with Crippen LogP contribution in [0.2, 0.25) is 0 Å². The van der Waals surface area contributed by atoms with Crippen molar-refractivity contribution < 1.29 is 9.59 Å². The number of anilines is 2. The number of hydrogen-bond acceptors (Lipinski definition) is 3. The van der Waals surface area contributed by atoms with Gasteiger partial charge in [-0.2, -0.15) is 5.10 Å². The molecule has 0 aliphatic carbocycles. The van der Waals surface area contributed by atoms with Gasteiger partial charge in [-0.05, 0) is 24.3 Å². The molecule has 1 aromatic heterocycles. The van der Waals surface area contributed by atoms with Gasteiger partial charge in [-0.3, -0.25) is 9.89 Å². The van der Waals surface area contributed by atoms with Gasteiger partial charge in [0.25, 0.3) is 5.91 Å². The van der Waals surface area contributed by atoms with Crippen LogP contribution in [0.5, 0.6) is 0 Å². The third-order valence-electron chi connectivity index (χ3n) is 3.07. The van der Waals surface area contributed by atoms with Crippen LogP contribution in [0.3, 0.4) is 0 Å². The van der Waals surface area contributed by atoms with Gasteiger partial charge >= 0.3 is 6.03 Å². The Labute approximate surface area is 125 Å². The number of aromatic nitrogens is 2. The van der Waals surface area contributed by atoms with E-state index in [0.29, 0.717) is 17.1 Å². The molecule has 0 saturated heterocycles. The lowest BCUT2D eigenvalue weighted by Gasteiger charge is -2.06. The molecule has 0 spiro atoms. The van der Waals surface area contributed by atoms with Crippen molar-refractivity contribution >= 4 is 34.2 Å². The number of hydrogen-bond donors (Lipinski definition) is 4. The summed E-state index contributed by atoms with van der Waals surface area (Å²) in [5.41, 5.74) is 7.19. The van der Waals surface area contributed by atoms with E-state index in [0.717, 1.165) is 10.9 Å². The SMILES string of the molecule is NC(=O)Nc1cccc(NC(=O)c2n[nH]c3ccccc23)c1. The second-order valence-electron chi connectivity index (χ2n) is 4.64. The number of urea groups is 1. The number of H-pyrrole nitrogens is 1. The van der Waals surface area contributed by atoms with Crippen molar-refractivity contribution in [1.29, 1.82) is 0 Å². The fourth-order valence-corrected chi connectivity index (χ4v) is 2.14. The number of rotatable bonds is 3. The number of benzene rings is 2. The van der Waals surface area contributed by atoms with Gasteiger partial charge < -0.3 is 16.4 Å². The Hall–Kier alpha value is -3.35. The largest absolute Gasteiger partial charge is 0.351 e. The molecular formula is C15H13N5O2. The molecule has 0 fully saturated rings. The molecule has 0 aliphatic rings. The van der Waals surface area contributed by atoms with Gasteiger partial charge in [-0.25, -0.2) is 4.79 Å². The monoisotopic (exact) mass is 295 g/mol. The highest BCUT2D eigenvalue weighted by Crippen LogP contribution is 2.19. The van der Waals surface area contributed by atoms with E-state index in [2.05, 4.69) is 20.8 Å². The number of aromatic amines is 1. The second kappa shape index (κ2) is 5.57. The molecule has 0 atom stereocenters. The summed E-state index contributed by atoms with van der Waals surface area (Å²) in [5, 5.41) is 12.8. The average Bonchev–Trinajstić information content (AvgIpc) is 2.91. The first kappa shape index (κ1) is 13.6. The Bertz CT molecular complexity index is 856. The number of carbonyl (C=O) groups excluding carboxylic acids is 2. The van der Waals surface area contributed by atoms with E-state index in [1.807, 2.05) is 24.3 Å². The van der Waals surface area contributed by atoms with Gasteiger partial charge in [-0.15, -0.1) is 0 Å². The van der Waals surface area contributed by atoms with Crippen LogP contribution < -0.4 is 16.4 Å². The molecule has 0 radical (unpaired) electrons. The molecule has 7 heteroatoms. The summed E-state index contributed by atoms with van der Waals surface area (Å²) in [5.74, 6) is -0.339. The Morgan fingerprint density at radius 2 is 1.73 bits per heavy atom. The van der Waals surface area contributed by atoms with E-state index in [4.69, 9.17) is 5.73 Å². The lowest BCUT2D eigenvalue weighted by atomic mass is 10.2. The molecule has 0 unspecified atom stereocenters. The lowest BCUT2D eigenvalue weighted by Crippen LogP contribution is -2.19. The maximum Gasteiger partial charge on any atom is 0.316 e. The number of para-hydroxylation sites is 1. The minimum Gasteiger partial charge on any atom is -0.351 e. The van der Waals surface area contributed by atoms with Crippen LogP contribution in [0.15, 0.2) is 48.5 Å². The molecule has 0 aliphatic heterocycles. The summed E-state index contributed by atoms with van der Waals surface area (Å²) < 4.78 is 0. The molecule has 0 bridgehead atoms. The van der Waals surface area contributed by atoms with Crippen LogP contribution in [0.4, 0.5) is 16.2 Å². The minimum atomic E-state index is -0.665. The van der Waals surface area contributed by atoms with E-state index in [9.17, 15) is 9.59 Å². The zero-order valence-electron chi connectivity index (χ0n) is 11.5. The number of amides is 3. The zero-order chi connectivity index (χ0) is 15.5. The van der Waals surface area contributed by atoms with Crippen molar-refractivity contribution in [3.63, 3.8) is 0 Å². The fraction of sp³-hybridized carbons (Fsp3) is 0. The van der Waals surface area contributed by atoms with Crippen molar-refractivity contribution in [2.75, 3.05) is 10.6 Å². The summed E-state index contributed by atoms with van der Waals surface area (Å²) >= 11 is 0. The summed E-state index contributed by atoms with van der Waals surface area (Å²) in [7, 11) is 0. The number of fused-ring (bicyclic) bond motifs is 1. The lowest BCUT2D eigenvalue weighted by molar-refractivity contribution is 0.102. The van der Waals surface area contributed by atoms with Gasteiger partial charge in [0.15, 0.2) is 5.69 Å². The molecule has 3 rings (SSSR count). The molecule has 22 heavy (non-hydrogen) atoms. The summed E-state index contributed by atoms with van der Waals surface area (Å²) in [6.45, 7) is 0. The van der Waals surface area contributed by atoms with Crippen LogP contribution >= 0.6 is 0 Å². The van der Waals surface area contributed by atoms with Crippen LogP contribution in [-0.2, 0) is 0 Å². The topological polar surface area (TPSA) is 113 Å². The number of nitrogens with zero attached hydrogens (tertiary/aromatic N) is 1. The van der Waals surface area contributed by atoms with Gasteiger partial charge in [0, 0.05) is 16.8 Å². The van der Waals surface area contributed by atoms with Gasteiger partial charge in [0.2, 0.25) is 0 Å². The predicted octanol–water partition coefficient (Wildman–Crippen LogP) is 2.31. The first-order chi connectivity index (χ1) is 10.6. The second-order valence-corrected chi connectivity index (χ2v) is 4.64. The standard InChI is InChI=1S/C15H13N5O2/c16-15(22)18-10-5-3-4-9(8-10)17-14(21)13-11-6-1-2-7-12(11)19-20-13/h1-8H,(H,17,21)(H,19,20)(H3,16,18,22). The first-order valence-corrected chi connectivity index (χ1v) is 6.54. The van der Waals surface area contributed by atoms with Crippen molar-refractivity contribution in [2.45, 2.75) is 0 Å². The van der Waals surface area contributed by atoms with E-state index in [-0.39, 0.29) is 5.91 Å². The van der Waals surface area contributed by atoms with Crippen molar-refractivity contribution in [1.82, 2.24) is 10.2 Å². The van der Waals surface area contributed by atoms with Crippen molar-refractivity contribution in [3.8, 4) is 0 Å². The molecule has 2 aromatic carbocycles. The van der Waals surface area contributed by atoms with Gasteiger partial charge in [0.1, 0.15) is 0 Å². The van der Waals surface area contributed by atoms with Gasteiger partial charge in [-0.1, -0.05) is 24.3 Å². The summed E-state index contributed by atoms with van der Waals surface area (Å²) in [4.78, 5) is 23.2. The first-order valence-electron chi connectivity index (χ1n) is 6.54. The molecular weight excluding hydrogens is 282 g/mol. The average molecular weight is 295 g/mol.